The minimum atomic E-state index is -3.73. The van der Waals surface area contributed by atoms with E-state index in [-0.39, 0.29) is 15.9 Å². The van der Waals surface area contributed by atoms with Crippen LogP contribution in [0, 0.1) is 5.92 Å². The van der Waals surface area contributed by atoms with Gasteiger partial charge in [-0.1, -0.05) is 19.8 Å². The Morgan fingerprint density at radius 2 is 2.15 bits per heavy atom. The van der Waals surface area contributed by atoms with Gasteiger partial charge in [-0.15, -0.1) is 11.3 Å². The molecule has 1 aromatic heterocycles. The summed E-state index contributed by atoms with van der Waals surface area (Å²) in [5.41, 5.74) is 1.19. The van der Waals surface area contributed by atoms with Crippen molar-refractivity contribution in [2.45, 2.75) is 42.9 Å². The molecule has 1 aliphatic carbocycles. The largest absolute Gasteiger partial charge is 0.464 e. The molecule has 0 amide bonds. The lowest BCUT2D eigenvalue weighted by Crippen LogP contribution is -2.41. The molecule has 1 fully saturated rings. The third-order valence-corrected chi connectivity index (χ3v) is 6.44. The lowest BCUT2D eigenvalue weighted by molar-refractivity contribution is 0.0590. The Morgan fingerprint density at radius 1 is 1.45 bits per heavy atom. The van der Waals surface area contributed by atoms with Crippen LogP contribution in [0.3, 0.4) is 0 Å². The number of hydrogen-bond acceptors (Lipinski definition) is 6. The molecule has 0 bridgehead atoms. The quantitative estimate of drug-likeness (QED) is 0.855. The Morgan fingerprint density at radius 3 is 2.80 bits per heavy atom. The first-order valence-electron chi connectivity index (χ1n) is 6.50. The first-order chi connectivity index (χ1) is 9.45. The minimum Gasteiger partial charge on any atom is -0.464 e. The van der Waals surface area contributed by atoms with Crippen LogP contribution in [0.15, 0.2) is 9.72 Å². The second-order valence-electron chi connectivity index (χ2n) is 4.97. The summed E-state index contributed by atoms with van der Waals surface area (Å²) in [7, 11) is -2.53. The van der Waals surface area contributed by atoms with Crippen LogP contribution < -0.4 is 4.72 Å². The molecule has 0 spiro atoms. The highest BCUT2D eigenvalue weighted by Crippen LogP contribution is 2.27. The molecule has 1 heterocycles. The van der Waals surface area contributed by atoms with Crippen molar-refractivity contribution in [1.82, 2.24) is 9.71 Å². The van der Waals surface area contributed by atoms with Gasteiger partial charge in [-0.3, -0.25) is 0 Å². The lowest BCUT2D eigenvalue weighted by Gasteiger charge is -2.28. The van der Waals surface area contributed by atoms with E-state index in [1.54, 1.807) is 0 Å². The molecule has 2 rings (SSSR count). The summed E-state index contributed by atoms with van der Waals surface area (Å²) >= 11 is 0.928. The number of carbonyl (C=O) groups is 1. The van der Waals surface area contributed by atoms with E-state index in [2.05, 4.69) is 14.4 Å². The van der Waals surface area contributed by atoms with Crippen molar-refractivity contribution in [2.75, 3.05) is 7.11 Å². The highest BCUT2D eigenvalue weighted by atomic mass is 32.2. The number of nitrogens with one attached hydrogen (secondary N) is 1. The Kier molecular flexibility index (Phi) is 4.77. The van der Waals surface area contributed by atoms with Crippen molar-refractivity contribution in [3.8, 4) is 0 Å². The maximum Gasteiger partial charge on any atom is 0.358 e. The van der Waals surface area contributed by atoms with Crippen LogP contribution in [-0.2, 0) is 14.8 Å². The number of sulfonamides is 1. The minimum absolute atomic E-state index is 0.0675. The Labute approximate surface area is 122 Å². The van der Waals surface area contributed by atoms with Crippen LogP contribution in [0.1, 0.15) is 43.1 Å². The van der Waals surface area contributed by atoms with Gasteiger partial charge in [0.1, 0.15) is 0 Å². The molecule has 1 N–H and O–H groups in total. The molecule has 0 radical (unpaired) electrons. The Balaban J connectivity index is 2.22. The van der Waals surface area contributed by atoms with Crippen LogP contribution in [0.5, 0.6) is 0 Å². The van der Waals surface area contributed by atoms with Crippen LogP contribution in [0.25, 0.3) is 0 Å². The Bertz CT molecular complexity index is 582. The smallest absolute Gasteiger partial charge is 0.358 e. The van der Waals surface area contributed by atoms with Gasteiger partial charge < -0.3 is 4.74 Å². The number of ether oxygens (including phenoxy) is 1. The van der Waals surface area contributed by atoms with E-state index >= 15 is 0 Å². The molecule has 6 nitrogen and oxygen atoms in total. The fourth-order valence-electron chi connectivity index (χ4n) is 2.40. The average Bonchev–Trinajstić information content (AvgIpc) is 2.90. The van der Waals surface area contributed by atoms with E-state index in [1.165, 1.54) is 12.6 Å². The van der Waals surface area contributed by atoms with Crippen LogP contribution in [-0.4, -0.2) is 32.5 Å². The molecule has 0 saturated heterocycles. The van der Waals surface area contributed by atoms with Gasteiger partial charge in [0.15, 0.2) is 9.90 Å². The summed E-state index contributed by atoms with van der Waals surface area (Å²) in [4.78, 5) is 15.3. The molecule has 0 aliphatic heterocycles. The molecular formula is C12H18N2O4S2. The van der Waals surface area contributed by atoms with E-state index < -0.39 is 16.0 Å². The van der Waals surface area contributed by atoms with Gasteiger partial charge >= 0.3 is 5.97 Å². The number of aromatic nitrogens is 1. The maximum atomic E-state index is 12.4. The number of carbonyl (C=O) groups excluding carboxylic acids is 1. The number of nitrogens with zero attached hydrogens (tertiary/aromatic N) is 1. The normalized spacial score (nSPS) is 23.5. The van der Waals surface area contributed by atoms with Crippen molar-refractivity contribution in [1.29, 1.82) is 0 Å². The molecule has 2 unspecified atom stereocenters. The molecule has 8 heteroatoms. The van der Waals surface area contributed by atoms with Gasteiger partial charge in [0, 0.05) is 6.04 Å². The summed E-state index contributed by atoms with van der Waals surface area (Å²) in [6.07, 6.45) is 3.99. The molecular weight excluding hydrogens is 300 g/mol. The summed E-state index contributed by atoms with van der Waals surface area (Å²) < 4.78 is 32.0. The highest BCUT2D eigenvalue weighted by molar-refractivity contribution is 7.91. The van der Waals surface area contributed by atoms with Crippen molar-refractivity contribution >= 4 is 27.3 Å². The second kappa shape index (κ2) is 6.19. The summed E-state index contributed by atoms with van der Waals surface area (Å²) in [5, 5.41) is 0. The lowest BCUT2D eigenvalue weighted by atomic mass is 9.87. The van der Waals surface area contributed by atoms with E-state index in [9.17, 15) is 13.2 Å². The van der Waals surface area contributed by atoms with Gasteiger partial charge in [0.2, 0.25) is 0 Å². The number of esters is 1. The van der Waals surface area contributed by atoms with Gasteiger partial charge in [-0.05, 0) is 18.8 Å². The molecule has 1 aromatic rings. The summed E-state index contributed by atoms with van der Waals surface area (Å²) in [6.45, 7) is 2.04. The topological polar surface area (TPSA) is 85.4 Å². The predicted molar refractivity (Wildman–Crippen MR) is 75.2 cm³/mol. The summed E-state index contributed by atoms with van der Waals surface area (Å²) in [6, 6.07) is -0.0821. The first kappa shape index (κ1) is 15.4. The average molecular weight is 318 g/mol. The van der Waals surface area contributed by atoms with Crippen LogP contribution >= 0.6 is 11.3 Å². The van der Waals surface area contributed by atoms with Gasteiger partial charge in [0.05, 0.1) is 12.6 Å². The van der Waals surface area contributed by atoms with Crippen LogP contribution in [0.2, 0.25) is 0 Å². The molecule has 2 atom stereocenters. The molecule has 1 saturated carbocycles. The molecule has 20 heavy (non-hydrogen) atoms. The molecule has 0 aromatic carbocycles. The van der Waals surface area contributed by atoms with Crippen molar-refractivity contribution < 1.29 is 17.9 Å². The van der Waals surface area contributed by atoms with Gasteiger partial charge in [-0.2, -0.15) is 0 Å². The van der Waals surface area contributed by atoms with E-state index in [4.69, 9.17) is 0 Å². The van der Waals surface area contributed by atoms with E-state index in [1.807, 2.05) is 6.92 Å². The fraction of sp³-hybridized carbons (Fsp3) is 0.667. The van der Waals surface area contributed by atoms with Crippen molar-refractivity contribution in [3.63, 3.8) is 0 Å². The third kappa shape index (κ3) is 3.18. The van der Waals surface area contributed by atoms with Gasteiger partial charge in [-0.25, -0.2) is 22.9 Å². The third-order valence-electron chi connectivity index (χ3n) is 3.58. The summed E-state index contributed by atoms with van der Waals surface area (Å²) in [5.74, 6) is -0.434. The zero-order valence-corrected chi connectivity index (χ0v) is 13.1. The predicted octanol–water partition coefficient (Wildman–Crippen LogP) is 1.79. The molecule has 112 valence electrons. The molecule has 1 aliphatic rings. The standard InChI is InChI=1S/C12H18N2O4S2/c1-8-5-3-4-6-9(8)14-20(16,17)12-10(11(15)18-2)13-7-19-12/h7-9,14H,3-6H2,1-2H3. The van der Waals surface area contributed by atoms with E-state index in [0.717, 1.165) is 37.0 Å². The van der Waals surface area contributed by atoms with Crippen molar-refractivity contribution in [3.05, 3.63) is 11.2 Å². The maximum absolute atomic E-state index is 12.4. The van der Waals surface area contributed by atoms with E-state index in [0.29, 0.717) is 5.92 Å². The number of hydrogen-bond donors (Lipinski definition) is 1. The highest BCUT2D eigenvalue weighted by Gasteiger charge is 2.31. The second-order valence-corrected chi connectivity index (χ2v) is 7.73. The fourth-order valence-corrected chi connectivity index (χ4v) is 4.93. The number of methoxy groups -OCH3 is 1. The van der Waals surface area contributed by atoms with Crippen molar-refractivity contribution in [2.24, 2.45) is 5.92 Å². The van der Waals surface area contributed by atoms with Crippen LogP contribution in [0.4, 0.5) is 0 Å². The first-order valence-corrected chi connectivity index (χ1v) is 8.86. The van der Waals surface area contributed by atoms with Gasteiger partial charge in [0.25, 0.3) is 10.0 Å². The monoisotopic (exact) mass is 318 g/mol. The SMILES string of the molecule is COC(=O)c1ncsc1S(=O)(=O)NC1CCCCC1C. The zero-order chi connectivity index (χ0) is 14.8. The Hall–Kier alpha value is -0.990. The number of rotatable bonds is 4. The number of thiazole rings is 1. The zero-order valence-electron chi connectivity index (χ0n) is 11.5.